The Hall–Kier alpha value is -2.53. The highest BCUT2D eigenvalue weighted by Crippen LogP contribution is 2.34. The molecular weight excluding hydrogens is 318 g/mol. The molecule has 25 heavy (non-hydrogen) atoms. The smallest absolute Gasteiger partial charge is 0.164 e. The van der Waals surface area contributed by atoms with Crippen molar-refractivity contribution in [2.24, 2.45) is 4.99 Å². The zero-order chi connectivity index (χ0) is 17.6. The van der Waals surface area contributed by atoms with Crippen LogP contribution in [0.3, 0.4) is 0 Å². The highest BCUT2D eigenvalue weighted by molar-refractivity contribution is 5.85. The number of aliphatic imine (C=N–C) groups is 1. The highest BCUT2D eigenvalue weighted by atomic mass is 16.5. The Bertz CT molecular complexity index is 757. The molecule has 0 saturated heterocycles. The molecule has 0 N–H and O–H groups in total. The van der Waals surface area contributed by atoms with Crippen LogP contribution >= 0.6 is 0 Å². The van der Waals surface area contributed by atoms with Gasteiger partial charge in [-0.3, -0.25) is 4.99 Å². The van der Waals surface area contributed by atoms with Crippen molar-refractivity contribution in [3.63, 3.8) is 0 Å². The molecule has 5 heteroatoms. The van der Waals surface area contributed by atoms with Crippen molar-refractivity contribution >= 4 is 6.21 Å². The Morgan fingerprint density at radius 1 is 1.04 bits per heavy atom. The highest BCUT2D eigenvalue weighted by Gasteiger charge is 2.19. The molecule has 0 bridgehead atoms. The lowest BCUT2D eigenvalue weighted by atomic mass is 9.98. The van der Waals surface area contributed by atoms with Crippen LogP contribution in [0.25, 0.3) is 0 Å². The molecule has 1 aliphatic rings. The molecule has 0 radical (unpaired) electrons. The number of methoxy groups -OCH3 is 3. The van der Waals surface area contributed by atoms with Gasteiger partial charge in [0, 0.05) is 17.8 Å². The SMILES string of the molecule is COc1cc(OC)c(OC)cc1C=NC[C@@H]1OCCc2ccccc21. The Kier molecular flexibility index (Phi) is 5.56. The summed E-state index contributed by atoms with van der Waals surface area (Å²) in [5.41, 5.74) is 3.41. The van der Waals surface area contributed by atoms with E-state index in [1.165, 1.54) is 11.1 Å². The second-order valence-electron chi connectivity index (χ2n) is 5.75. The molecule has 0 amide bonds. The average Bonchev–Trinajstić information content (AvgIpc) is 2.67. The van der Waals surface area contributed by atoms with E-state index in [0.717, 1.165) is 18.6 Å². The van der Waals surface area contributed by atoms with Gasteiger partial charge in [0.15, 0.2) is 11.5 Å². The fourth-order valence-electron chi connectivity index (χ4n) is 3.03. The van der Waals surface area contributed by atoms with Gasteiger partial charge in [0.2, 0.25) is 0 Å². The van der Waals surface area contributed by atoms with E-state index in [-0.39, 0.29) is 6.10 Å². The maximum atomic E-state index is 5.89. The van der Waals surface area contributed by atoms with Crippen molar-refractivity contribution < 1.29 is 18.9 Å². The molecule has 0 aromatic heterocycles. The lowest BCUT2D eigenvalue weighted by Gasteiger charge is -2.24. The van der Waals surface area contributed by atoms with Crippen LogP contribution < -0.4 is 14.2 Å². The third-order valence-electron chi connectivity index (χ3n) is 4.33. The van der Waals surface area contributed by atoms with E-state index in [9.17, 15) is 0 Å². The zero-order valence-electron chi connectivity index (χ0n) is 14.8. The van der Waals surface area contributed by atoms with Gasteiger partial charge in [0.05, 0.1) is 34.5 Å². The van der Waals surface area contributed by atoms with Crippen LogP contribution in [0.1, 0.15) is 22.8 Å². The van der Waals surface area contributed by atoms with Crippen LogP contribution in [-0.4, -0.2) is 40.7 Å². The largest absolute Gasteiger partial charge is 0.496 e. The topological polar surface area (TPSA) is 49.3 Å². The third kappa shape index (κ3) is 3.77. The standard InChI is InChI=1S/C20H23NO4/c1-22-17-11-19(24-3)18(23-2)10-15(17)12-21-13-20-16-7-5-4-6-14(16)8-9-25-20/h4-7,10-12,20H,8-9,13H2,1-3H3/t20-/m0/s1. The minimum absolute atomic E-state index is 0.00709. The van der Waals surface area contributed by atoms with Gasteiger partial charge in [-0.15, -0.1) is 0 Å². The molecule has 0 fully saturated rings. The predicted octanol–water partition coefficient (Wildman–Crippen LogP) is 3.45. The minimum Gasteiger partial charge on any atom is -0.496 e. The molecule has 2 aromatic rings. The quantitative estimate of drug-likeness (QED) is 0.755. The van der Waals surface area contributed by atoms with Gasteiger partial charge in [-0.1, -0.05) is 24.3 Å². The van der Waals surface area contributed by atoms with E-state index < -0.39 is 0 Å². The lowest BCUT2D eigenvalue weighted by molar-refractivity contribution is 0.0489. The molecule has 5 nitrogen and oxygen atoms in total. The summed E-state index contributed by atoms with van der Waals surface area (Å²) in [4.78, 5) is 4.58. The fraction of sp³-hybridized carbons (Fsp3) is 0.350. The first kappa shape index (κ1) is 17.3. The van der Waals surface area contributed by atoms with Crippen molar-refractivity contribution in [1.82, 2.24) is 0 Å². The van der Waals surface area contributed by atoms with Crippen molar-refractivity contribution in [3.05, 3.63) is 53.1 Å². The summed E-state index contributed by atoms with van der Waals surface area (Å²) >= 11 is 0. The van der Waals surface area contributed by atoms with Gasteiger partial charge in [-0.25, -0.2) is 0 Å². The van der Waals surface area contributed by atoms with Crippen LogP contribution in [-0.2, 0) is 11.2 Å². The first-order chi connectivity index (χ1) is 12.3. The first-order valence-electron chi connectivity index (χ1n) is 8.26. The number of ether oxygens (including phenoxy) is 4. The van der Waals surface area contributed by atoms with E-state index in [2.05, 4.69) is 23.2 Å². The summed E-state index contributed by atoms with van der Waals surface area (Å²) in [6.45, 7) is 1.30. The van der Waals surface area contributed by atoms with Crippen molar-refractivity contribution in [2.45, 2.75) is 12.5 Å². The van der Waals surface area contributed by atoms with E-state index in [0.29, 0.717) is 23.8 Å². The number of rotatable bonds is 6. The van der Waals surface area contributed by atoms with Crippen molar-refractivity contribution in [1.29, 1.82) is 0 Å². The zero-order valence-corrected chi connectivity index (χ0v) is 14.8. The number of nitrogens with zero attached hydrogens (tertiary/aromatic N) is 1. The molecule has 3 rings (SSSR count). The van der Waals surface area contributed by atoms with Gasteiger partial charge in [-0.05, 0) is 23.6 Å². The summed E-state index contributed by atoms with van der Waals surface area (Å²) in [5, 5.41) is 0. The Labute approximate surface area is 148 Å². The normalized spacial score (nSPS) is 16.5. The van der Waals surface area contributed by atoms with Gasteiger partial charge in [0.1, 0.15) is 11.9 Å². The summed E-state index contributed by atoms with van der Waals surface area (Å²) in [7, 11) is 4.83. The first-order valence-corrected chi connectivity index (χ1v) is 8.26. The second kappa shape index (κ2) is 8.03. The molecule has 0 saturated carbocycles. The van der Waals surface area contributed by atoms with Crippen LogP contribution in [0, 0.1) is 0 Å². The summed E-state index contributed by atoms with van der Waals surface area (Å²) < 4.78 is 22.0. The minimum atomic E-state index is -0.00709. The van der Waals surface area contributed by atoms with Crippen LogP contribution in [0.15, 0.2) is 41.4 Å². The molecule has 1 aliphatic heterocycles. The van der Waals surface area contributed by atoms with Gasteiger partial charge < -0.3 is 18.9 Å². The lowest BCUT2D eigenvalue weighted by Crippen LogP contribution is -2.18. The monoisotopic (exact) mass is 341 g/mol. The van der Waals surface area contributed by atoms with Gasteiger partial charge in [0.25, 0.3) is 0 Å². The number of hydrogen-bond donors (Lipinski definition) is 0. The molecule has 0 spiro atoms. The maximum Gasteiger partial charge on any atom is 0.164 e. The van der Waals surface area contributed by atoms with E-state index >= 15 is 0 Å². The maximum absolute atomic E-state index is 5.89. The molecule has 2 aromatic carbocycles. The third-order valence-corrected chi connectivity index (χ3v) is 4.33. The molecule has 0 unspecified atom stereocenters. The van der Waals surface area contributed by atoms with E-state index in [1.54, 1.807) is 33.6 Å². The van der Waals surface area contributed by atoms with Crippen LogP contribution in [0.5, 0.6) is 17.2 Å². The Morgan fingerprint density at radius 3 is 2.52 bits per heavy atom. The average molecular weight is 341 g/mol. The number of benzene rings is 2. The molecule has 132 valence electrons. The van der Waals surface area contributed by atoms with E-state index in [4.69, 9.17) is 18.9 Å². The number of hydrogen-bond acceptors (Lipinski definition) is 5. The van der Waals surface area contributed by atoms with E-state index in [1.807, 2.05) is 12.1 Å². The summed E-state index contributed by atoms with van der Waals surface area (Å²) in [6, 6.07) is 12.0. The summed E-state index contributed by atoms with van der Waals surface area (Å²) in [6.07, 6.45) is 2.74. The Balaban J connectivity index is 1.79. The second-order valence-corrected chi connectivity index (χ2v) is 5.75. The van der Waals surface area contributed by atoms with Crippen LogP contribution in [0.4, 0.5) is 0 Å². The van der Waals surface area contributed by atoms with Crippen molar-refractivity contribution in [3.8, 4) is 17.2 Å². The predicted molar refractivity (Wildman–Crippen MR) is 97.4 cm³/mol. The molecule has 1 atom stereocenters. The summed E-state index contributed by atoms with van der Waals surface area (Å²) in [5.74, 6) is 1.96. The van der Waals surface area contributed by atoms with Crippen molar-refractivity contribution in [2.75, 3.05) is 34.5 Å². The molecular formula is C20H23NO4. The van der Waals surface area contributed by atoms with Gasteiger partial charge in [-0.2, -0.15) is 0 Å². The molecule has 1 heterocycles. The van der Waals surface area contributed by atoms with Gasteiger partial charge >= 0.3 is 0 Å². The molecule has 0 aliphatic carbocycles. The Morgan fingerprint density at radius 2 is 1.76 bits per heavy atom. The number of fused-ring (bicyclic) bond motifs is 1. The van der Waals surface area contributed by atoms with Crippen LogP contribution in [0.2, 0.25) is 0 Å². The fourth-order valence-corrected chi connectivity index (χ4v) is 3.03.